The molecule has 2 aromatic carbocycles. The van der Waals surface area contributed by atoms with Crippen LogP contribution in [0.2, 0.25) is 0 Å². The molecular weight excluding hydrogens is 404 g/mol. The van der Waals surface area contributed by atoms with Crippen LogP contribution in [0.3, 0.4) is 0 Å². The van der Waals surface area contributed by atoms with Gasteiger partial charge in [0.1, 0.15) is 6.54 Å². The molecule has 2 heterocycles. The number of fused-ring (bicyclic) bond motifs is 1. The van der Waals surface area contributed by atoms with Crippen LogP contribution in [0.15, 0.2) is 58.2 Å². The summed E-state index contributed by atoms with van der Waals surface area (Å²) in [5.41, 5.74) is 2.62. The first-order valence-corrected chi connectivity index (χ1v) is 9.92. The van der Waals surface area contributed by atoms with E-state index in [4.69, 9.17) is 0 Å². The molecule has 9 heteroatoms. The van der Waals surface area contributed by atoms with Crippen LogP contribution in [0.1, 0.15) is 5.56 Å². The van der Waals surface area contributed by atoms with Crippen LogP contribution in [0.5, 0.6) is 0 Å². The number of nitrogens with one attached hydrogen (secondary N) is 1. The fourth-order valence-corrected chi connectivity index (χ4v) is 4.11. The molecule has 1 fully saturated rings. The molecule has 0 unspecified atom stereocenters. The van der Waals surface area contributed by atoms with E-state index >= 15 is 0 Å². The van der Waals surface area contributed by atoms with Crippen LogP contribution in [0.25, 0.3) is 17.1 Å². The van der Waals surface area contributed by atoms with Crippen molar-refractivity contribution < 1.29 is 14.4 Å². The quantitative estimate of drug-likeness (QED) is 0.653. The fourth-order valence-electron chi connectivity index (χ4n) is 3.27. The van der Waals surface area contributed by atoms with E-state index in [1.54, 1.807) is 67.2 Å². The molecule has 3 aromatic rings. The van der Waals surface area contributed by atoms with Gasteiger partial charge in [0, 0.05) is 19.8 Å². The second kappa shape index (κ2) is 7.68. The predicted molar refractivity (Wildman–Crippen MR) is 116 cm³/mol. The molecule has 8 nitrogen and oxygen atoms in total. The normalized spacial score (nSPS) is 15.4. The number of hydrogen-bond acceptors (Lipinski definition) is 5. The minimum absolute atomic E-state index is 0.146. The van der Waals surface area contributed by atoms with Gasteiger partial charge < -0.3 is 5.32 Å². The Morgan fingerprint density at radius 1 is 1.00 bits per heavy atom. The zero-order valence-corrected chi connectivity index (χ0v) is 17.1. The van der Waals surface area contributed by atoms with E-state index in [0.717, 1.165) is 27.7 Å². The zero-order chi connectivity index (χ0) is 21.4. The zero-order valence-electron chi connectivity index (χ0n) is 16.3. The van der Waals surface area contributed by atoms with E-state index in [1.807, 2.05) is 6.07 Å². The molecule has 1 aliphatic heterocycles. The average Bonchev–Trinajstić information content (AvgIpc) is 3.11. The van der Waals surface area contributed by atoms with Crippen LogP contribution in [-0.2, 0) is 23.7 Å². The van der Waals surface area contributed by atoms with Crippen molar-refractivity contribution in [1.29, 1.82) is 0 Å². The van der Waals surface area contributed by atoms with Gasteiger partial charge in [0.2, 0.25) is 5.91 Å². The van der Waals surface area contributed by atoms with E-state index in [1.165, 1.54) is 4.57 Å². The Morgan fingerprint density at radius 3 is 2.43 bits per heavy atom. The van der Waals surface area contributed by atoms with E-state index in [0.29, 0.717) is 11.3 Å². The molecule has 0 aliphatic carbocycles. The maximum Gasteiger partial charge on any atom is 0.328 e. The van der Waals surface area contributed by atoms with Crippen molar-refractivity contribution in [1.82, 2.24) is 14.0 Å². The summed E-state index contributed by atoms with van der Waals surface area (Å²) in [6, 6.07) is 14.2. The molecule has 0 spiro atoms. The first kappa shape index (κ1) is 19.7. The van der Waals surface area contributed by atoms with Gasteiger partial charge >= 0.3 is 5.69 Å². The molecule has 152 valence electrons. The number of rotatable bonds is 4. The molecule has 1 saturated heterocycles. The Hall–Kier alpha value is -3.59. The summed E-state index contributed by atoms with van der Waals surface area (Å²) in [4.78, 5) is 50.4. The summed E-state index contributed by atoms with van der Waals surface area (Å²) < 4.78 is 3.06. The summed E-state index contributed by atoms with van der Waals surface area (Å²) in [5, 5.41) is 2.16. The topological polar surface area (TPSA) is 93.4 Å². The van der Waals surface area contributed by atoms with E-state index in [-0.39, 0.29) is 17.1 Å². The van der Waals surface area contributed by atoms with Crippen molar-refractivity contribution in [3.05, 3.63) is 69.5 Å². The number of nitrogens with zero attached hydrogens (tertiary/aromatic N) is 3. The van der Waals surface area contributed by atoms with Crippen LogP contribution >= 0.6 is 11.8 Å². The third-order valence-electron chi connectivity index (χ3n) is 4.83. The van der Waals surface area contributed by atoms with Gasteiger partial charge in [-0.1, -0.05) is 24.3 Å². The van der Waals surface area contributed by atoms with Crippen LogP contribution in [0.4, 0.5) is 10.5 Å². The SMILES string of the molecule is Cn1c(=O)n(C)c2cc(/C=C3\SC(=O)N(CC(=O)Nc4ccccc4)C3=O)ccc21. The summed E-state index contributed by atoms with van der Waals surface area (Å²) >= 11 is 0.788. The number of hydrogen-bond donors (Lipinski definition) is 1. The van der Waals surface area contributed by atoms with Crippen molar-refractivity contribution in [3.63, 3.8) is 0 Å². The highest BCUT2D eigenvalue weighted by Gasteiger charge is 2.36. The van der Waals surface area contributed by atoms with Crippen LogP contribution in [-0.4, -0.2) is 37.6 Å². The van der Waals surface area contributed by atoms with Crippen LogP contribution in [0, 0.1) is 0 Å². The summed E-state index contributed by atoms with van der Waals surface area (Å²) in [6.45, 7) is -0.358. The Labute approximate surface area is 175 Å². The maximum atomic E-state index is 12.7. The lowest BCUT2D eigenvalue weighted by molar-refractivity contribution is -0.127. The van der Waals surface area contributed by atoms with Gasteiger partial charge in [-0.3, -0.25) is 28.4 Å². The van der Waals surface area contributed by atoms with Gasteiger partial charge in [0.25, 0.3) is 11.1 Å². The van der Waals surface area contributed by atoms with E-state index in [2.05, 4.69) is 5.32 Å². The lowest BCUT2D eigenvalue weighted by atomic mass is 10.2. The number of carbonyl (C=O) groups excluding carboxylic acids is 3. The number of amides is 3. The van der Waals surface area contributed by atoms with Crippen molar-refractivity contribution >= 4 is 51.6 Å². The molecule has 4 rings (SSSR count). The molecule has 1 aliphatic rings. The third kappa shape index (κ3) is 3.55. The average molecular weight is 422 g/mol. The minimum atomic E-state index is -0.518. The van der Waals surface area contributed by atoms with Crippen molar-refractivity contribution in [2.45, 2.75) is 0 Å². The first-order chi connectivity index (χ1) is 14.3. The monoisotopic (exact) mass is 422 g/mol. The Bertz CT molecular complexity index is 1270. The number of anilines is 1. The Morgan fingerprint density at radius 2 is 1.70 bits per heavy atom. The largest absolute Gasteiger partial charge is 0.328 e. The predicted octanol–water partition coefficient (Wildman–Crippen LogP) is 2.55. The Balaban J connectivity index is 1.54. The number of imide groups is 1. The highest BCUT2D eigenvalue weighted by molar-refractivity contribution is 8.18. The smallest absolute Gasteiger partial charge is 0.325 e. The third-order valence-corrected chi connectivity index (χ3v) is 5.73. The van der Waals surface area contributed by atoms with Gasteiger partial charge in [-0.2, -0.15) is 0 Å². The number of benzene rings is 2. The fraction of sp³-hybridized carbons (Fsp3) is 0.143. The van der Waals surface area contributed by atoms with Gasteiger partial charge in [-0.15, -0.1) is 0 Å². The van der Waals surface area contributed by atoms with Gasteiger partial charge in [0.15, 0.2) is 0 Å². The van der Waals surface area contributed by atoms with E-state index < -0.39 is 17.1 Å². The molecule has 0 atom stereocenters. The lowest BCUT2D eigenvalue weighted by Gasteiger charge is -2.12. The number of aryl methyl sites for hydroxylation is 2. The molecule has 3 amide bonds. The summed E-state index contributed by atoms with van der Waals surface area (Å²) in [6.07, 6.45) is 1.59. The van der Waals surface area contributed by atoms with Gasteiger partial charge in [-0.05, 0) is 47.7 Å². The molecule has 1 N–H and O–H groups in total. The van der Waals surface area contributed by atoms with Crippen molar-refractivity contribution in [2.24, 2.45) is 14.1 Å². The molecule has 0 saturated carbocycles. The molecular formula is C21H18N4O4S. The first-order valence-electron chi connectivity index (χ1n) is 9.11. The lowest BCUT2D eigenvalue weighted by Crippen LogP contribution is -2.36. The highest BCUT2D eigenvalue weighted by Crippen LogP contribution is 2.32. The number of aromatic nitrogens is 2. The number of thioether (sulfide) groups is 1. The molecule has 1 aromatic heterocycles. The highest BCUT2D eigenvalue weighted by atomic mass is 32.2. The molecule has 30 heavy (non-hydrogen) atoms. The van der Waals surface area contributed by atoms with E-state index in [9.17, 15) is 19.2 Å². The second-order valence-electron chi connectivity index (χ2n) is 6.83. The Kier molecular flexibility index (Phi) is 5.04. The van der Waals surface area contributed by atoms with Gasteiger partial charge in [0.05, 0.1) is 15.9 Å². The van der Waals surface area contributed by atoms with Crippen molar-refractivity contribution in [2.75, 3.05) is 11.9 Å². The number of imidazole rings is 1. The van der Waals surface area contributed by atoms with Crippen molar-refractivity contribution in [3.8, 4) is 0 Å². The second-order valence-corrected chi connectivity index (χ2v) is 7.82. The number of carbonyl (C=O) groups is 3. The number of para-hydroxylation sites is 1. The molecule has 0 radical (unpaired) electrons. The minimum Gasteiger partial charge on any atom is -0.325 e. The van der Waals surface area contributed by atoms with Gasteiger partial charge in [-0.25, -0.2) is 4.79 Å². The summed E-state index contributed by atoms with van der Waals surface area (Å²) in [7, 11) is 3.36. The standard InChI is InChI=1S/C21H18N4O4S/c1-23-15-9-8-13(10-16(15)24(2)20(23)28)11-17-19(27)25(21(29)30-17)12-18(26)22-14-6-4-3-5-7-14/h3-11H,12H2,1-2H3,(H,22,26)/b17-11-. The summed E-state index contributed by atoms with van der Waals surface area (Å²) in [5.74, 6) is -0.972. The maximum absolute atomic E-state index is 12.7. The van der Waals surface area contributed by atoms with Crippen LogP contribution < -0.4 is 11.0 Å². The molecule has 0 bridgehead atoms.